The van der Waals surface area contributed by atoms with Crippen LogP contribution in [0.3, 0.4) is 0 Å². The molecule has 0 aliphatic carbocycles. The third-order valence-electron chi connectivity index (χ3n) is 5.27. The number of carbonyl (C=O) groups is 1. The van der Waals surface area contributed by atoms with Gasteiger partial charge in [0.15, 0.2) is 11.5 Å². The zero-order valence-electron chi connectivity index (χ0n) is 17.4. The SMILES string of the molecule is CCOC(=O)C1=C(N)Oc2c(ccc3ccccc23)C1c1cc(Br)c(OC)c(OC)c1. The number of fused-ring (bicyclic) bond motifs is 3. The Morgan fingerprint density at radius 3 is 2.61 bits per heavy atom. The summed E-state index contributed by atoms with van der Waals surface area (Å²) in [5, 5.41) is 1.93. The number of rotatable bonds is 5. The first kappa shape index (κ1) is 21.1. The van der Waals surface area contributed by atoms with Gasteiger partial charge in [0.05, 0.1) is 31.2 Å². The highest BCUT2D eigenvalue weighted by Gasteiger charge is 2.37. The zero-order chi connectivity index (χ0) is 22.1. The van der Waals surface area contributed by atoms with Crippen molar-refractivity contribution in [2.24, 2.45) is 5.73 Å². The Kier molecular flexibility index (Phi) is 5.78. The first-order valence-corrected chi connectivity index (χ1v) is 10.6. The number of esters is 1. The smallest absolute Gasteiger partial charge is 0.340 e. The molecule has 0 spiro atoms. The lowest BCUT2D eigenvalue weighted by Crippen LogP contribution is -2.27. The average molecular weight is 484 g/mol. The molecule has 1 unspecified atom stereocenters. The highest BCUT2D eigenvalue weighted by atomic mass is 79.9. The van der Waals surface area contributed by atoms with Gasteiger partial charge < -0.3 is 24.7 Å². The third-order valence-corrected chi connectivity index (χ3v) is 5.86. The van der Waals surface area contributed by atoms with Gasteiger partial charge in [0.2, 0.25) is 5.88 Å². The summed E-state index contributed by atoms with van der Waals surface area (Å²) >= 11 is 3.55. The normalized spacial score (nSPS) is 15.3. The maximum absolute atomic E-state index is 12.9. The maximum Gasteiger partial charge on any atom is 0.340 e. The molecule has 0 amide bonds. The molecule has 1 aliphatic heterocycles. The van der Waals surface area contributed by atoms with Crippen LogP contribution in [0.5, 0.6) is 17.2 Å². The third kappa shape index (κ3) is 3.59. The van der Waals surface area contributed by atoms with E-state index in [0.717, 1.165) is 21.9 Å². The average Bonchev–Trinajstić information content (AvgIpc) is 2.77. The second kappa shape index (κ2) is 8.51. The summed E-state index contributed by atoms with van der Waals surface area (Å²) < 4.78 is 23.0. The molecule has 1 heterocycles. The second-order valence-corrected chi connectivity index (χ2v) is 7.83. The van der Waals surface area contributed by atoms with Crippen LogP contribution in [0.25, 0.3) is 10.8 Å². The van der Waals surface area contributed by atoms with Crippen LogP contribution >= 0.6 is 15.9 Å². The van der Waals surface area contributed by atoms with Crippen LogP contribution in [0.1, 0.15) is 24.0 Å². The molecule has 0 saturated carbocycles. The standard InChI is InChI=1S/C24H22BrNO5/c1-4-30-24(27)20-19(14-11-17(25)22(29-3)18(12-14)28-2)16-10-9-13-7-5-6-8-15(13)21(16)31-23(20)26/h5-12,19H,4,26H2,1-3H3. The number of benzene rings is 3. The lowest BCUT2D eigenvalue weighted by molar-refractivity contribution is -0.139. The predicted octanol–water partition coefficient (Wildman–Crippen LogP) is 4.88. The first-order valence-electron chi connectivity index (χ1n) is 9.77. The van der Waals surface area contributed by atoms with E-state index in [-0.39, 0.29) is 18.1 Å². The van der Waals surface area contributed by atoms with Crippen molar-refractivity contribution in [3.63, 3.8) is 0 Å². The minimum Gasteiger partial charge on any atom is -0.493 e. The fourth-order valence-electron chi connectivity index (χ4n) is 3.94. The highest BCUT2D eigenvalue weighted by Crippen LogP contribution is 2.48. The Balaban J connectivity index is 2.00. The fourth-order valence-corrected chi connectivity index (χ4v) is 4.56. The molecule has 1 atom stereocenters. The fraction of sp³-hybridized carbons (Fsp3) is 0.208. The number of carbonyl (C=O) groups excluding carboxylic acids is 1. The van der Waals surface area contributed by atoms with Crippen molar-refractivity contribution >= 4 is 32.7 Å². The van der Waals surface area contributed by atoms with Crippen LogP contribution in [0.15, 0.2) is 64.5 Å². The van der Waals surface area contributed by atoms with Gasteiger partial charge in [0.1, 0.15) is 11.3 Å². The summed E-state index contributed by atoms with van der Waals surface area (Å²) in [6, 6.07) is 15.6. The van der Waals surface area contributed by atoms with Crippen molar-refractivity contribution in [2.75, 3.05) is 20.8 Å². The number of methoxy groups -OCH3 is 2. The molecular weight excluding hydrogens is 462 g/mol. The van der Waals surface area contributed by atoms with E-state index in [0.29, 0.717) is 21.7 Å². The molecule has 0 aromatic heterocycles. The van der Waals surface area contributed by atoms with Crippen LogP contribution in [-0.2, 0) is 9.53 Å². The van der Waals surface area contributed by atoms with Gasteiger partial charge in [-0.15, -0.1) is 0 Å². The summed E-state index contributed by atoms with van der Waals surface area (Å²) in [7, 11) is 3.13. The molecule has 3 aromatic carbocycles. The quantitative estimate of drug-likeness (QED) is 0.521. The summed E-state index contributed by atoms with van der Waals surface area (Å²) in [5.74, 6) is 0.713. The maximum atomic E-state index is 12.9. The van der Waals surface area contributed by atoms with Gasteiger partial charge in [-0.3, -0.25) is 0 Å². The van der Waals surface area contributed by atoms with Crippen LogP contribution in [0, 0.1) is 0 Å². The lowest BCUT2D eigenvalue weighted by atomic mass is 9.82. The number of hydrogen-bond donors (Lipinski definition) is 1. The van der Waals surface area contributed by atoms with Crippen molar-refractivity contribution in [1.82, 2.24) is 0 Å². The van der Waals surface area contributed by atoms with Gasteiger partial charge in [0, 0.05) is 10.9 Å². The van der Waals surface area contributed by atoms with Crippen LogP contribution in [0.2, 0.25) is 0 Å². The Morgan fingerprint density at radius 1 is 1.13 bits per heavy atom. The van der Waals surface area contributed by atoms with Gasteiger partial charge in [-0.05, 0) is 45.9 Å². The van der Waals surface area contributed by atoms with Crippen LogP contribution in [0.4, 0.5) is 0 Å². The van der Waals surface area contributed by atoms with E-state index in [1.54, 1.807) is 21.1 Å². The molecule has 31 heavy (non-hydrogen) atoms. The van der Waals surface area contributed by atoms with E-state index in [2.05, 4.69) is 15.9 Å². The van der Waals surface area contributed by atoms with Gasteiger partial charge in [-0.1, -0.05) is 36.4 Å². The molecular formula is C24H22BrNO5. The summed E-state index contributed by atoms with van der Waals surface area (Å²) in [6.45, 7) is 1.98. The molecule has 0 bridgehead atoms. The van der Waals surface area contributed by atoms with Gasteiger partial charge in [-0.25, -0.2) is 4.79 Å². The monoisotopic (exact) mass is 483 g/mol. The van der Waals surface area contributed by atoms with Crippen LogP contribution < -0.4 is 19.9 Å². The largest absolute Gasteiger partial charge is 0.493 e. The number of hydrogen-bond acceptors (Lipinski definition) is 6. The van der Waals surface area contributed by atoms with Crippen molar-refractivity contribution < 1.29 is 23.7 Å². The van der Waals surface area contributed by atoms with E-state index < -0.39 is 11.9 Å². The van der Waals surface area contributed by atoms with Gasteiger partial charge in [0.25, 0.3) is 0 Å². The van der Waals surface area contributed by atoms with Crippen LogP contribution in [-0.4, -0.2) is 26.8 Å². The lowest BCUT2D eigenvalue weighted by Gasteiger charge is -2.30. The topological polar surface area (TPSA) is 80.0 Å². The summed E-state index contributed by atoms with van der Waals surface area (Å²) in [4.78, 5) is 12.9. The van der Waals surface area contributed by atoms with E-state index in [1.165, 1.54) is 0 Å². The molecule has 0 radical (unpaired) electrons. The Labute approximate surface area is 188 Å². The van der Waals surface area contributed by atoms with Gasteiger partial charge >= 0.3 is 5.97 Å². The van der Waals surface area contributed by atoms with Crippen molar-refractivity contribution in [1.29, 1.82) is 0 Å². The minimum atomic E-state index is -0.519. The van der Waals surface area contributed by atoms with E-state index in [4.69, 9.17) is 24.7 Å². The van der Waals surface area contributed by atoms with Crippen molar-refractivity contribution in [3.8, 4) is 17.2 Å². The first-order chi connectivity index (χ1) is 15.0. The van der Waals surface area contributed by atoms with Crippen molar-refractivity contribution in [3.05, 3.63) is 75.6 Å². The number of ether oxygens (including phenoxy) is 4. The second-order valence-electron chi connectivity index (χ2n) is 6.98. The Hall–Kier alpha value is -3.19. The summed E-state index contributed by atoms with van der Waals surface area (Å²) in [5.41, 5.74) is 8.15. The molecule has 160 valence electrons. The number of halogens is 1. The van der Waals surface area contributed by atoms with E-state index in [9.17, 15) is 4.79 Å². The molecule has 0 fully saturated rings. The van der Waals surface area contributed by atoms with Crippen molar-refractivity contribution in [2.45, 2.75) is 12.8 Å². The highest BCUT2D eigenvalue weighted by molar-refractivity contribution is 9.10. The molecule has 6 nitrogen and oxygen atoms in total. The Bertz CT molecular complexity index is 1200. The number of nitrogens with two attached hydrogens (primary N) is 1. The minimum absolute atomic E-state index is 0.0261. The molecule has 4 rings (SSSR count). The predicted molar refractivity (Wildman–Crippen MR) is 122 cm³/mol. The molecule has 0 saturated heterocycles. The van der Waals surface area contributed by atoms with Gasteiger partial charge in [-0.2, -0.15) is 0 Å². The van der Waals surface area contributed by atoms with E-state index >= 15 is 0 Å². The molecule has 3 aromatic rings. The zero-order valence-corrected chi connectivity index (χ0v) is 19.0. The Morgan fingerprint density at radius 2 is 1.90 bits per heavy atom. The molecule has 2 N–H and O–H groups in total. The van der Waals surface area contributed by atoms with E-state index in [1.807, 2.05) is 48.5 Å². The molecule has 1 aliphatic rings. The molecule has 7 heteroatoms. The summed E-state index contributed by atoms with van der Waals surface area (Å²) in [6.07, 6.45) is 0.